The first kappa shape index (κ1) is 16.5. The number of benzene rings is 2. The minimum absolute atomic E-state index is 0.0401. The molecule has 1 aliphatic rings. The van der Waals surface area contributed by atoms with Crippen LogP contribution in [0.1, 0.15) is 15.2 Å². The van der Waals surface area contributed by atoms with Gasteiger partial charge in [0.2, 0.25) is 0 Å². The normalized spacial score (nSPS) is 12.1. The highest BCUT2D eigenvalue weighted by Gasteiger charge is 2.22. The van der Waals surface area contributed by atoms with Crippen molar-refractivity contribution in [1.82, 2.24) is 0 Å². The first-order chi connectivity index (χ1) is 12.6. The Balaban J connectivity index is 1.52. The van der Waals surface area contributed by atoms with Gasteiger partial charge in [0.25, 0.3) is 5.91 Å². The minimum Gasteiger partial charge on any atom is -0.488 e. The maximum Gasteiger partial charge on any atom is 0.387 e. The predicted octanol–water partition coefficient (Wildman–Crippen LogP) is 5.16. The molecular weight excluding hydrogens is 360 g/mol. The number of ether oxygens (including phenoxy) is 2. The molecule has 0 fully saturated rings. The van der Waals surface area contributed by atoms with Gasteiger partial charge in [-0.15, -0.1) is 11.3 Å². The van der Waals surface area contributed by atoms with Crippen molar-refractivity contribution in [2.24, 2.45) is 0 Å². The van der Waals surface area contributed by atoms with Crippen LogP contribution in [0.25, 0.3) is 10.4 Å². The molecule has 1 N–H and O–H groups in total. The largest absolute Gasteiger partial charge is 0.488 e. The zero-order chi connectivity index (χ0) is 18.1. The van der Waals surface area contributed by atoms with E-state index in [2.05, 4.69) is 10.1 Å². The van der Waals surface area contributed by atoms with Crippen molar-refractivity contribution in [3.05, 3.63) is 65.0 Å². The third-order valence-electron chi connectivity index (χ3n) is 3.89. The second-order valence-electron chi connectivity index (χ2n) is 5.61. The van der Waals surface area contributed by atoms with Crippen molar-refractivity contribution in [1.29, 1.82) is 0 Å². The maximum atomic E-state index is 12.5. The molecule has 0 unspecified atom stereocenters. The highest BCUT2D eigenvalue weighted by molar-refractivity contribution is 7.17. The zero-order valence-corrected chi connectivity index (χ0v) is 14.2. The summed E-state index contributed by atoms with van der Waals surface area (Å²) in [7, 11) is 0. The molecule has 2 heterocycles. The average molecular weight is 373 g/mol. The first-order valence-corrected chi connectivity index (χ1v) is 8.63. The molecular formula is C19H13F2NO3S. The van der Waals surface area contributed by atoms with Gasteiger partial charge >= 0.3 is 6.61 Å². The first-order valence-electron chi connectivity index (χ1n) is 7.81. The monoisotopic (exact) mass is 373 g/mol. The van der Waals surface area contributed by atoms with Crippen LogP contribution in [0, 0.1) is 0 Å². The van der Waals surface area contributed by atoms with Crippen molar-refractivity contribution in [2.45, 2.75) is 13.2 Å². The van der Waals surface area contributed by atoms with Crippen LogP contribution in [0.15, 0.2) is 54.6 Å². The van der Waals surface area contributed by atoms with Gasteiger partial charge < -0.3 is 14.8 Å². The lowest BCUT2D eigenvalue weighted by Crippen LogP contribution is -2.10. The van der Waals surface area contributed by atoms with E-state index in [1.807, 2.05) is 30.3 Å². The number of amides is 1. The number of para-hydroxylation sites is 1. The van der Waals surface area contributed by atoms with E-state index >= 15 is 0 Å². The van der Waals surface area contributed by atoms with Gasteiger partial charge in [0.05, 0.1) is 4.88 Å². The highest BCUT2D eigenvalue weighted by atomic mass is 32.1. The number of carbonyl (C=O) groups excluding carboxylic acids is 1. The molecule has 0 radical (unpaired) electrons. The lowest BCUT2D eigenvalue weighted by molar-refractivity contribution is -0.0498. The van der Waals surface area contributed by atoms with E-state index in [1.54, 1.807) is 0 Å². The van der Waals surface area contributed by atoms with Gasteiger partial charge in [0.15, 0.2) is 0 Å². The summed E-state index contributed by atoms with van der Waals surface area (Å²) in [6.45, 7) is -2.45. The standard InChI is InChI=1S/C19H13F2NO3S/c20-19(21)25-13-7-5-12(6-8-13)22-18(23)16-9-11-10-24-15-4-2-1-3-14(15)17(11)26-16/h1-9,19H,10H2,(H,22,23). The lowest BCUT2D eigenvalue weighted by atomic mass is 10.1. The van der Waals surface area contributed by atoms with Crippen LogP contribution in [0.5, 0.6) is 11.5 Å². The van der Waals surface area contributed by atoms with Gasteiger partial charge in [-0.3, -0.25) is 4.79 Å². The van der Waals surface area contributed by atoms with E-state index in [4.69, 9.17) is 4.74 Å². The van der Waals surface area contributed by atoms with Gasteiger partial charge in [0, 0.05) is 21.7 Å². The molecule has 0 spiro atoms. The number of alkyl halides is 2. The van der Waals surface area contributed by atoms with E-state index in [-0.39, 0.29) is 11.7 Å². The number of halogens is 2. The topological polar surface area (TPSA) is 47.6 Å². The van der Waals surface area contributed by atoms with Gasteiger partial charge in [-0.05, 0) is 42.5 Å². The molecule has 0 aliphatic carbocycles. The van der Waals surface area contributed by atoms with Crippen LogP contribution in [0.2, 0.25) is 0 Å². The molecule has 0 bridgehead atoms. The second kappa shape index (κ2) is 6.76. The number of nitrogens with one attached hydrogen (secondary N) is 1. The van der Waals surface area contributed by atoms with E-state index in [9.17, 15) is 13.6 Å². The van der Waals surface area contributed by atoms with Gasteiger partial charge in [-0.25, -0.2) is 0 Å². The second-order valence-corrected chi connectivity index (χ2v) is 6.66. The van der Waals surface area contributed by atoms with Crippen molar-refractivity contribution in [3.63, 3.8) is 0 Å². The summed E-state index contributed by atoms with van der Waals surface area (Å²) in [4.78, 5) is 14.1. The van der Waals surface area contributed by atoms with Crippen LogP contribution >= 0.6 is 11.3 Å². The van der Waals surface area contributed by atoms with Crippen molar-refractivity contribution < 1.29 is 23.0 Å². The SMILES string of the molecule is O=C(Nc1ccc(OC(F)F)cc1)c1cc2c(s1)-c1ccccc1OC2. The van der Waals surface area contributed by atoms with E-state index in [1.165, 1.54) is 35.6 Å². The highest BCUT2D eigenvalue weighted by Crippen LogP contribution is 2.42. The number of hydrogen-bond donors (Lipinski definition) is 1. The summed E-state index contributed by atoms with van der Waals surface area (Å²) in [6.07, 6.45) is 0. The van der Waals surface area contributed by atoms with Crippen molar-refractivity contribution in [2.75, 3.05) is 5.32 Å². The Morgan fingerprint density at radius 1 is 1.15 bits per heavy atom. The third-order valence-corrected chi connectivity index (χ3v) is 5.09. The van der Waals surface area contributed by atoms with E-state index < -0.39 is 6.61 Å². The number of fused-ring (bicyclic) bond motifs is 3. The Morgan fingerprint density at radius 3 is 2.69 bits per heavy atom. The molecule has 0 saturated carbocycles. The molecule has 132 valence electrons. The van der Waals surface area contributed by atoms with Crippen LogP contribution in [-0.2, 0) is 6.61 Å². The molecule has 0 saturated heterocycles. The number of rotatable bonds is 4. The fourth-order valence-corrected chi connectivity index (χ4v) is 3.82. The molecule has 7 heteroatoms. The average Bonchev–Trinajstić information content (AvgIpc) is 3.08. The molecule has 3 aromatic rings. The van der Waals surface area contributed by atoms with Crippen LogP contribution < -0.4 is 14.8 Å². The molecule has 0 atom stereocenters. The van der Waals surface area contributed by atoms with Gasteiger partial charge in [0.1, 0.15) is 18.1 Å². The fraction of sp³-hybridized carbons (Fsp3) is 0.105. The molecule has 1 aliphatic heterocycles. The molecule has 2 aromatic carbocycles. The Bertz CT molecular complexity index is 954. The van der Waals surface area contributed by atoms with Crippen LogP contribution in [0.3, 0.4) is 0 Å². The lowest BCUT2D eigenvalue weighted by Gasteiger charge is -2.16. The number of carbonyl (C=O) groups is 1. The quantitative estimate of drug-likeness (QED) is 0.687. The molecule has 4 rings (SSSR count). The van der Waals surface area contributed by atoms with Gasteiger partial charge in [-0.1, -0.05) is 12.1 Å². The van der Waals surface area contributed by atoms with E-state index in [0.717, 1.165) is 21.8 Å². The maximum absolute atomic E-state index is 12.5. The molecule has 1 amide bonds. The zero-order valence-electron chi connectivity index (χ0n) is 13.4. The summed E-state index contributed by atoms with van der Waals surface area (Å²) in [5.74, 6) is 0.589. The summed E-state index contributed by atoms with van der Waals surface area (Å²) in [5.41, 5.74) is 2.45. The summed E-state index contributed by atoms with van der Waals surface area (Å²) < 4.78 is 34.3. The number of thiophene rings is 1. The Kier molecular flexibility index (Phi) is 4.30. The number of hydrogen-bond acceptors (Lipinski definition) is 4. The Morgan fingerprint density at radius 2 is 1.92 bits per heavy atom. The molecule has 26 heavy (non-hydrogen) atoms. The minimum atomic E-state index is -2.88. The summed E-state index contributed by atoms with van der Waals surface area (Å²) in [6, 6.07) is 15.3. The molecule has 1 aromatic heterocycles. The third kappa shape index (κ3) is 3.25. The summed E-state index contributed by atoms with van der Waals surface area (Å²) in [5, 5.41) is 2.76. The van der Waals surface area contributed by atoms with Crippen LogP contribution in [0.4, 0.5) is 14.5 Å². The smallest absolute Gasteiger partial charge is 0.387 e. The number of anilines is 1. The van der Waals surface area contributed by atoms with Crippen LogP contribution in [-0.4, -0.2) is 12.5 Å². The Hall–Kier alpha value is -2.93. The predicted molar refractivity (Wildman–Crippen MR) is 95.1 cm³/mol. The van der Waals surface area contributed by atoms with E-state index in [0.29, 0.717) is 17.2 Å². The van der Waals surface area contributed by atoms with Crippen molar-refractivity contribution in [3.8, 4) is 21.9 Å². The van der Waals surface area contributed by atoms with Gasteiger partial charge in [-0.2, -0.15) is 8.78 Å². The Labute approximate surface area is 152 Å². The fourth-order valence-electron chi connectivity index (χ4n) is 2.72. The molecule has 4 nitrogen and oxygen atoms in total. The van der Waals surface area contributed by atoms with Crippen molar-refractivity contribution >= 4 is 22.9 Å². The summed E-state index contributed by atoms with van der Waals surface area (Å²) >= 11 is 1.40.